The van der Waals surface area contributed by atoms with Gasteiger partial charge in [-0.2, -0.15) is 0 Å². The summed E-state index contributed by atoms with van der Waals surface area (Å²) in [6, 6.07) is -0.604. The Labute approximate surface area is 84.3 Å². The molecule has 0 heterocycles. The van der Waals surface area contributed by atoms with Crippen molar-refractivity contribution in [3.05, 3.63) is 11.6 Å². The van der Waals surface area contributed by atoms with Crippen molar-refractivity contribution in [2.45, 2.75) is 33.2 Å². The van der Waals surface area contributed by atoms with E-state index in [0.717, 1.165) is 6.42 Å². The van der Waals surface area contributed by atoms with Crippen LogP contribution >= 0.6 is 0 Å². The number of rotatable bonds is 4. The van der Waals surface area contributed by atoms with Crippen LogP contribution in [0, 0.1) is 0 Å². The zero-order valence-corrected chi connectivity index (χ0v) is 9.09. The molecule has 1 amide bonds. The maximum absolute atomic E-state index is 11.4. The third-order valence-electron chi connectivity index (χ3n) is 1.77. The Balaban J connectivity index is 4.19. The molecule has 1 atom stereocenters. The lowest BCUT2D eigenvalue weighted by molar-refractivity contribution is -0.144. The van der Waals surface area contributed by atoms with Crippen LogP contribution in [0.4, 0.5) is 0 Å². The quantitative estimate of drug-likeness (QED) is 0.543. The summed E-state index contributed by atoms with van der Waals surface area (Å²) in [7, 11) is 1.29. The highest BCUT2D eigenvalue weighted by Gasteiger charge is 2.15. The van der Waals surface area contributed by atoms with Gasteiger partial charge in [0.1, 0.15) is 6.04 Å². The molecule has 4 heteroatoms. The molecule has 80 valence electrons. The molecular formula is C10H17NO3. The van der Waals surface area contributed by atoms with E-state index in [-0.39, 0.29) is 5.91 Å². The lowest BCUT2D eigenvalue weighted by Crippen LogP contribution is -2.39. The molecule has 0 spiro atoms. The van der Waals surface area contributed by atoms with Crippen molar-refractivity contribution >= 4 is 11.9 Å². The average Bonchev–Trinajstić information content (AvgIpc) is 2.16. The topological polar surface area (TPSA) is 55.4 Å². The summed E-state index contributed by atoms with van der Waals surface area (Å²) >= 11 is 0. The fraction of sp³-hybridized carbons (Fsp3) is 0.600. The van der Waals surface area contributed by atoms with Gasteiger partial charge in [0.05, 0.1) is 7.11 Å². The molecule has 0 saturated heterocycles. The zero-order valence-electron chi connectivity index (χ0n) is 9.09. The second-order valence-corrected chi connectivity index (χ2v) is 3.01. The molecule has 0 aromatic rings. The molecule has 0 aliphatic rings. The van der Waals surface area contributed by atoms with Gasteiger partial charge >= 0.3 is 5.97 Å². The predicted octanol–water partition coefficient (Wildman–Crippen LogP) is 1.02. The molecule has 0 fully saturated rings. The van der Waals surface area contributed by atoms with Gasteiger partial charge in [0.15, 0.2) is 0 Å². The number of ether oxygens (including phenoxy) is 1. The minimum absolute atomic E-state index is 0.232. The molecule has 0 saturated carbocycles. The summed E-state index contributed by atoms with van der Waals surface area (Å²) in [6.07, 6.45) is 2.60. The number of methoxy groups -OCH3 is 1. The minimum atomic E-state index is -0.604. The van der Waals surface area contributed by atoms with Crippen molar-refractivity contribution in [2.75, 3.05) is 7.11 Å². The smallest absolute Gasteiger partial charge is 0.328 e. The van der Waals surface area contributed by atoms with Crippen LogP contribution in [0.1, 0.15) is 27.2 Å². The first-order valence-electron chi connectivity index (χ1n) is 4.58. The van der Waals surface area contributed by atoms with Crippen LogP contribution < -0.4 is 5.32 Å². The molecule has 0 rings (SSSR count). The van der Waals surface area contributed by atoms with Gasteiger partial charge in [-0.25, -0.2) is 4.79 Å². The Kier molecular flexibility index (Phi) is 5.60. The van der Waals surface area contributed by atoms with Crippen molar-refractivity contribution < 1.29 is 14.3 Å². The number of amides is 1. The Hall–Kier alpha value is -1.32. The molecule has 4 nitrogen and oxygen atoms in total. The van der Waals surface area contributed by atoms with Crippen molar-refractivity contribution in [3.63, 3.8) is 0 Å². The Bertz CT molecular complexity index is 246. The number of carbonyl (C=O) groups excluding carboxylic acids is 2. The van der Waals surface area contributed by atoms with E-state index in [4.69, 9.17) is 0 Å². The maximum Gasteiger partial charge on any atom is 0.328 e. The van der Waals surface area contributed by atoms with Gasteiger partial charge in [-0.3, -0.25) is 4.79 Å². The Morgan fingerprint density at radius 3 is 2.50 bits per heavy atom. The van der Waals surface area contributed by atoms with Gasteiger partial charge in [0.2, 0.25) is 5.91 Å². The fourth-order valence-corrected chi connectivity index (χ4v) is 0.945. The summed E-state index contributed by atoms with van der Waals surface area (Å²) in [5.74, 6) is -0.674. The van der Waals surface area contributed by atoms with E-state index in [1.54, 1.807) is 19.9 Å². The molecular weight excluding hydrogens is 182 g/mol. The monoisotopic (exact) mass is 199 g/mol. The summed E-state index contributed by atoms with van der Waals surface area (Å²) in [6.45, 7) is 5.24. The Morgan fingerprint density at radius 2 is 2.07 bits per heavy atom. The number of carbonyl (C=O) groups is 2. The van der Waals surface area contributed by atoms with Crippen molar-refractivity contribution in [1.82, 2.24) is 5.32 Å². The normalized spacial score (nSPS) is 13.3. The highest BCUT2D eigenvalue weighted by molar-refractivity contribution is 5.95. The maximum atomic E-state index is 11.4. The highest BCUT2D eigenvalue weighted by Crippen LogP contribution is 1.96. The van der Waals surface area contributed by atoms with E-state index in [0.29, 0.717) is 5.57 Å². The molecule has 0 bridgehead atoms. The predicted molar refractivity (Wildman–Crippen MR) is 53.7 cm³/mol. The molecule has 1 unspecified atom stereocenters. The van der Waals surface area contributed by atoms with Gasteiger partial charge in [-0.1, -0.05) is 13.0 Å². The average molecular weight is 199 g/mol. The summed E-state index contributed by atoms with van der Waals surface area (Å²) in [5.41, 5.74) is 0.614. The van der Waals surface area contributed by atoms with E-state index in [2.05, 4.69) is 10.1 Å². The molecule has 14 heavy (non-hydrogen) atoms. The molecule has 0 aromatic heterocycles. The van der Waals surface area contributed by atoms with Crippen LogP contribution in [0.2, 0.25) is 0 Å². The fourth-order valence-electron chi connectivity index (χ4n) is 0.945. The molecule has 0 aliphatic heterocycles. The number of esters is 1. The summed E-state index contributed by atoms with van der Waals surface area (Å²) < 4.78 is 4.48. The van der Waals surface area contributed by atoms with E-state index >= 15 is 0 Å². The number of allylic oxidation sites excluding steroid dienone is 1. The van der Waals surface area contributed by atoms with Gasteiger partial charge in [0, 0.05) is 5.57 Å². The highest BCUT2D eigenvalue weighted by atomic mass is 16.5. The lowest BCUT2D eigenvalue weighted by Gasteiger charge is -2.11. The first-order valence-corrected chi connectivity index (χ1v) is 4.58. The lowest BCUT2D eigenvalue weighted by atomic mass is 10.2. The molecule has 0 radical (unpaired) electrons. The SMILES string of the molecule is CC/C=C(/C)C(=O)NC(C)C(=O)OC. The van der Waals surface area contributed by atoms with E-state index in [1.807, 2.05) is 6.92 Å². The van der Waals surface area contributed by atoms with E-state index in [1.165, 1.54) is 7.11 Å². The number of nitrogens with one attached hydrogen (secondary N) is 1. The molecule has 1 N–H and O–H groups in total. The second kappa shape index (κ2) is 6.18. The zero-order chi connectivity index (χ0) is 11.1. The van der Waals surface area contributed by atoms with Crippen LogP contribution in [-0.2, 0) is 14.3 Å². The van der Waals surface area contributed by atoms with Gasteiger partial charge in [-0.05, 0) is 20.3 Å². The first-order chi connectivity index (χ1) is 6.52. The molecule has 0 aromatic carbocycles. The van der Waals surface area contributed by atoms with Crippen molar-refractivity contribution in [3.8, 4) is 0 Å². The molecule has 0 aliphatic carbocycles. The third-order valence-corrected chi connectivity index (χ3v) is 1.77. The van der Waals surface area contributed by atoms with Crippen LogP contribution in [0.15, 0.2) is 11.6 Å². The van der Waals surface area contributed by atoms with Crippen molar-refractivity contribution in [2.24, 2.45) is 0 Å². The van der Waals surface area contributed by atoms with Gasteiger partial charge in [-0.15, -0.1) is 0 Å². The Morgan fingerprint density at radius 1 is 1.50 bits per heavy atom. The van der Waals surface area contributed by atoms with Gasteiger partial charge < -0.3 is 10.1 Å². The number of hydrogen-bond acceptors (Lipinski definition) is 3. The van der Waals surface area contributed by atoms with E-state index < -0.39 is 12.0 Å². The summed E-state index contributed by atoms with van der Waals surface area (Å²) in [4.78, 5) is 22.3. The van der Waals surface area contributed by atoms with Crippen LogP contribution in [-0.4, -0.2) is 25.0 Å². The number of hydrogen-bond donors (Lipinski definition) is 1. The van der Waals surface area contributed by atoms with Crippen molar-refractivity contribution in [1.29, 1.82) is 0 Å². The standard InChI is InChI=1S/C10H17NO3/c1-5-6-7(2)9(12)11-8(3)10(13)14-4/h6,8H,5H2,1-4H3,(H,11,12)/b7-6-. The third kappa shape index (κ3) is 4.07. The minimum Gasteiger partial charge on any atom is -0.467 e. The van der Waals surface area contributed by atoms with Gasteiger partial charge in [0.25, 0.3) is 0 Å². The largest absolute Gasteiger partial charge is 0.467 e. The first kappa shape index (κ1) is 12.7. The van der Waals surface area contributed by atoms with Crippen LogP contribution in [0.3, 0.4) is 0 Å². The second-order valence-electron chi connectivity index (χ2n) is 3.01. The van der Waals surface area contributed by atoms with Crippen LogP contribution in [0.25, 0.3) is 0 Å². The van der Waals surface area contributed by atoms with E-state index in [9.17, 15) is 9.59 Å². The van der Waals surface area contributed by atoms with Crippen LogP contribution in [0.5, 0.6) is 0 Å². The summed E-state index contributed by atoms with van der Waals surface area (Å²) in [5, 5.41) is 2.53.